The van der Waals surface area contributed by atoms with Gasteiger partial charge in [0.25, 0.3) is 0 Å². The molecular weight excluding hydrogens is 707 g/mol. The summed E-state index contributed by atoms with van der Waals surface area (Å²) in [5, 5.41) is 13.8. The van der Waals surface area contributed by atoms with Crippen molar-refractivity contribution in [3.8, 4) is 0 Å². The third kappa shape index (κ3) is 39.8. The summed E-state index contributed by atoms with van der Waals surface area (Å²) in [4.78, 5) is 23.1. The molecule has 3 N–H and O–H groups in total. The zero-order chi connectivity index (χ0) is 40.9. The second-order valence-electron chi connectivity index (χ2n) is 17.7. The molecule has 0 saturated carbocycles. The van der Waals surface area contributed by atoms with Gasteiger partial charge in [0.2, 0.25) is 5.91 Å². The van der Waals surface area contributed by atoms with Crippen LogP contribution in [-0.2, 0) is 18.4 Å². The van der Waals surface area contributed by atoms with Gasteiger partial charge in [-0.2, -0.15) is 0 Å². The van der Waals surface area contributed by atoms with Crippen molar-refractivity contribution in [3.05, 3.63) is 12.2 Å². The monoisotopic (exact) mass is 802 g/mol. The van der Waals surface area contributed by atoms with Crippen molar-refractivity contribution in [1.29, 1.82) is 0 Å². The van der Waals surface area contributed by atoms with Crippen LogP contribution in [0.2, 0.25) is 0 Å². The summed E-state index contributed by atoms with van der Waals surface area (Å²) < 4.78 is 23.6. The molecule has 328 valence electrons. The Bertz CT molecular complexity index is 927. The number of quaternary nitrogens is 1. The van der Waals surface area contributed by atoms with E-state index in [0.717, 1.165) is 44.4 Å². The van der Waals surface area contributed by atoms with E-state index in [9.17, 15) is 19.4 Å². The van der Waals surface area contributed by atoms with E-state index in [0.29, 0.717) is 17.4 Å². The molecule has 0 aliphatic rings. The van der Waals surface area contributed by atoms with Gasteiger partial charge in [0.15, 0.2) is 0 Å². The number of carbonyl (C=O) groups is 1. The van der Waals surface area contributed by atoms with E-state index < -0.39 is 20.0 Å². The molecule has 55 heavy (non-hydrogen) atoms. The number of amides is 1. The highest BCUT2D eigenvalue weighted by atomic mass is 31.2. The Balaban J connectivity index is 4.27. The molecule has 0 aliphatic carbocycles. The maximum Gasteiger partial charge on any atom is 0.472 e. The highest BCUT2D eigenvalue weighted by Gasteiger charge is 2.27. The van der Waals surface area contributed by atoms with Gasteiger partial charge in [0.05, 0.1) is 39.9 Å². The molecule has 0 aliphatic heterocycles. The van der Waals surface area contributed by atoms with Crippen LogP contribution < -0.4 is 5.32 Å². The van der Waals surface area contributed by atoms with Crippen molar-refractivity contribution in [3.63, 3.8) is 0 Å². The van der Waals surface area contributed by atoms with Gasteiger partial charge in [-0.1, -0.05) is 206 Å². The predicted molar refractivity (Wildman–Crippen MR) is 235 cm³/mol. The Labute approximate surface area is 342 Å². The topological polar surface area (TPSA) is 105 Å². The average molecular weight is 802 g/mol. The van der Waals surface area contributed by atoms with E-state index in [-0.39, 0.29) is 19.1 Å². The molecule has 1 amide bonds. The summed E-state index contributed by atoms with van der Waals surface area (Å²) in [5.74, 6) is 0.652. The first kappa shape index (κ1) is 54.2. The number of nitrogens with one attached hydrogen (secondary N) is 1. The molecule has 0 radical (unpaired) electrons. The van der Waals surface area contributed by atoms with Crippen LogP contribution in [0, 0.1) is 5.92 Å². The first-order valence-electron chi connectivity index (χ1n) is 23.5. The lowest BCUT2D eigenvalue weighted by Gasteiger charge is -2.25. The van der Waals surface area contributed by atoms with Crippen molar-refractivity contribution in [2.45, 2.75) is 232 Å². The molecule has 0 aromatic rings. The number of carbonyl (C=O) groups excluding carboxylic acids is 1. The van der Waals surface area contributed by atoms with Gasteiger partial charge in [-0.3, -0.25) is 13.8 Å². The highest BCUT2D eigenvalue weighted by molar-refractivity contribution is 7.47. The molecule has 4 atom stereocenters. The van der Waals surface area contributed by atoms with E-state index in [4.69, 9.17) is 9.05 Å². The van der Waals surface area contributed by atoms with Crippen LogP contribution in [0.1, 0.15) is 220 Å². The Kier molecular flexibility index (Phi) is 37.0. The number of likely N-dealkylation sites (N-methyl/N-ethyl adjacent to an activating group) is 1. The third-order valence-electron chi connectivity index (χ3n) is 11.0. The van der Waals surface area contributed by atoms with Gasteiger partial charge < -0.3 is 19.8 Å². The molecule has 0 saturated heterocycles. The second kappa shape index (κ2) is 37.5. The first-order valence-corrected chi connectivity index (χ1v) is 25.0. The van der Waals surface area contributed by atoms with Gasteiger partial charge in [-0.05, 0) is 25.2 Å². The molecule has 0 heterocycles. The van der Waals surface area contributed by atoms with E-state index in [1.54, 1.807) is 6.08 Å². The predicted octanol–water partition coefficient (Wildman–Crippen LogP) is 13.0. The van der Waals surface area contributed by atoms with E-state index >= 15 is 0 Å². The summed E-state index contributed by atoms with van der Waals surface area (Å²) in [6.07, 6.45) is 41.4. The number of aliphatic hydroxyl groups excluding tert-OH is 1. The lowest BCUT2D eigenvalue weighted by Crippen LogP contribution is -2.45. The highest BCUT2D eigenvalue weighted by Crippen LogP contribution is 2.43. The van der Waals surface area contributed by atoms with Gasteiger partial charge >= 0.3 is 7.82 Å². The number of phosphoric ester groups is 1. The summed E-state index contributed by atoms with van der Waals surface area (Å²) >= 11 is 0. The second-order valence-corrected chi connectivity index (χ2v) is 19.2. The van der Waals surface area contributed by atoms with Gasteiger partial charge in [0.1, 0.15) is 13.2 Å². The van der Waals surface area contributed by atoms with Crippen LogP contribution >= 0.6 is 7.82 Å². The third-order valence-corrected chi connectivity index (χ3v) is 12.0. The van der Waals surface area contributed by atoms with Crippen LogP contribution in [0.15, 0.2) is 12.2 Å². The van der Waals surface area contributed by atoms with Crippen LogP contribution in [0.5, 0.6) is 0 Å². The Morgan fingerprint density at radius 3 is 1.56 bits per heavy atom. The molecule has 0 spiro atoms. The quantitative estimate of drug-likeness (QED) is 0.0246. The molecule has 2 unspecified atom stereocenters. The molecule has 0 aromatic heterocycles. The number of nitrogens with zero attached hydrogens (tertiary/aromatic N) is 1. The SMILES string of the molecule is CCCCCCCCCCCCCCCCCCCCCCCC(=O)N[C@@H](COP(=O)(O)OCC[N+](C)(C)C)[C@H](O)/C=C/CCCCCCCCC(C)CC. The molecule has 0 rings (SSSR count). The number of rotatable bonds is 42. The minimum absolute atomic E-state index is 0.0636. The number of unbranched alkanes of at least 4 members (excludes halogenated alkanes) is 26. The van der Waals surface area contributed by atoms with E-state index in [2.05, 4.69) is 26.1 Å². The first-order chi connectivity index (χ1) is 26.4. The molecule has 8 nitrogen and oxygen atoms in total. The minimum atomic E-state index is -4.33. The summed E-state index contributed by atoms with van der Waals surface area (Å²) in [6.45, 7) is 7.16. The fourth-order valence-electron chi connectivity index (χ4n) is 6.90. The van der Waals surface area contributed by atoms with E-state index in [1.807, 2.05) is 27.2 Å². The fourth-order valence-corrected chi connectivity index (χ4v) is 7.64. The van der Waals surface area contributed by atoms with E-state index in [1.165, 1.54) is 154 Å². The zero-order valence-corrected chi connectivity index (χ0v) is 38.2. The number of hydrogen-bond donors (Lipinski definition) is 3. The van der Waals surface area contributed by atoms with Crippen LogP contribution in [-0.4, -0.2) is 73.4 Å². The molecule has 9 heteroatoms. The number of phosphoric acid groups is 1. The molecule has 0 bridgehead atoms. The maximum absolute atomic E-state index is 12.9. The van der Waals surface area contributed by atoms with Gasteiger partial charge in [-0.25, -0.2) is 4.57 Å². The normalized spacial score (nSPS) is 15.0. The molecule has 0 aromatic carbocycles. The Hall–Kier alpha value is -0.760. The van der Waals surface area contributed by atoms with Crippen LogP contribution in [0.25, 0.3) is 0 Å². The summed E-state index contributed by atoms with van der Waals surface area (Å²) in [6, 6.07) is -0.841. The minimum Gasteiger partial charge on any atom is -0.387 e. The number of aliphatic hydroxyl groups is 1. The largest absolute Gasteiger partial charge is 0.472 e. The zero-order valence-electron chi connectivity index (χ0n) is 37.4. The van der Waals surface area contributed by atoms with Crippen LogP contribution in [0.3, 0.4) is 0 Å². The van der Waals surface area contributed by atoms with Crippen molar-refractivity contribution in [2.24, 2.45) is 5.92 Å². The molecular formula is C46H94N2O6P+. The average Bonchev–Trinajstić information content (AvgIpc) is 3.13. The number of allylic oxidation sites excluding steroid dienone is 1. The van der Waals surface area contributed by atoms with Gasteiger partial charge in [0, 0.05) is 6.42 Å². The van der Waals surface area contributed by atoms with Crippen molar-refractivity contribution in [1.82, 2.24) is 5.32 Å². The van der Waals surface area contributed by atoms with Crippen molar-refractivity contribution in [2.75, 3.05) is 40.9 Å². The summed E-state index contributed by atoms with van der Waals surface area (Å²) in [5.41, 5.74) is 0. The number of hydrogen-bond acceptors (Lipinski definition) is 5. The summed E-state index contributed by atoms with van der Waals surface area (Å²) in [7, 11) is 1.58. The smallest absolute Gasteiger partial charge is 0.387 e. The Morgan fingerprint density at radius 1 is 0.673 bits per heavy atom. The fraction of sp³-hybridized carbons (Fsp3) is 0.935. The lowest BCUT2D eigenvalue weighted by atomic mass is 10.00. The van der Waals surface area contributed by atoms with Crippen molar-refractivity contribution < 1.29 is 32.9 Å². The standard InChI is InChI=1S/C46H93N2O6P/c1-7-9-10-11-12-13-14-15-16-17-18-19-20-21-22-23-24-25-30-33-36-39-46(50)47-44(42-54-55(51,52)53-41-40-48(4,5)6)45(49)38-35-32-29-27-26-28-31-34-37-43(3)8-2/h35,38,43-45,49H,7-34,36-37,39-42H2,1-6H3,(H-,47,50,51,52)/p+1/b38-35+/t43?,44-,45+/m0/s1. The van der Waals surface area contributed by atoms with Gasteiger partial charge in [-0.15, -0.1) is 0 Å². The van der Waals surface area contributed by atoms with Crippen molar-refractivity contribution >= 4 is 13.7 Å². The maximum atomic E-state index is 12.9. The lowest BCUT2D eigenvalue weighted by molar-refractivity contribution is -0.870. The Morgan fingerprint density at radius 2 is 1.11 bits per heavy atom. The van der Waals surface area contributed by atoms with Crippen LogP contribution in [0.4, 0.5) is 0 Å². The molecule has 0 fully saturated rings.